The summed E-state index contributed by atoms with van der Waals surface area (Å²) in [5.74, 6) is -1.95. The Balaban J connectivity index is 2.09. The number of nitrogens with one attached hydrogen (secondary N) is 4. The molecular formula is C26H29N7O8. The standard InChI is InChI=1S/C26H29N7O8/c1-5-28-24(36)18-11-29-21(15(18)3)22(30-12-27)33(26(38)40-13-39-25(37)16(4)34)19-10-17(7-6-14(19)2)23(35)31-20-8-9-41-32-20/h6-12,16,27,29,34H,5,13H2,1-4H3,(H,28,36)(H,31,32,35). The molecule has 2 heterocycles. The summed E-state index contributed by atoms with van der Waals surface area (Å²) in [4.78, 5) is 58.6. The van der Waals surface area contributed by atoms with Gasteiger partial charge in [-0.2, -0.15) is 0 Å². The Labute approximate surface area is 234 Å². The van der Waals surface area contributed by atoms with Crippen LogP contribution in [0.2, 0.25) is 0 Å². The highest BCUT2D eigenvalue weighted by atomic mass is 16.7. The normalized spacial score (nSPS) is 11.8. The number of amidine groups is 1. The quantitative estimate of drug-likeness (QED) is 0.105. The predicted octanol–water partition coefficient (Wildman–Crippen LogP) is 2.50. The van der Waals surface area contributed by atoms with Gasteiger partial charge in [-0.05, 0) is 51.0 Å². The van der Waals surface area contributed by atoms with E-state index in [0.29, 0.717) is 24.0 Å². The lowest BCUT2D eigenvalue weighted by Crippen LogP contribution is -2.40. The predicted molar refractivity (Wildman–Crippen MR) is 146 cm³/mol. The van der Waals surface area contributed by atoms with Gasteiger partial charge in [-0.25, -0.2) is 19.5 Å². The molecule has 3 aromatic rings. The van der Waals surface area contributed by atoms with Crippen molar-refractivity contribution in [2.45, 2.75) is 33.8 Å². The molecule has 0 aliphatic rings. The molecule has 41 heavy (non-hydrogen) atoms. The van der Waals surface area contributed by atoms with Crippen molar-refractivity contribution >= 4 is 47.6 Å². The maximum atomic E-state index is 13.5. The Morgan fingerprint density at radius 1 is 1.22 bits per heavy atom. The van der Waals surface area contributed by atoms with E-state index in [-0.39, 0.29) is 40.1 Å². The molecule has 15 nitrogen and oxygen atoms in total. The number of carbonyl (C=O) groups is 4. The fourth-order valence-corrected chi connectivity index (χ4v) is 3.59. The zero-order chi connectivity index (χ0) is 30.1. The summed E-state index contributed by atoms with van der Waals surface area (Å²) in [5, 5.41) is 25.9. The highest BCUT2D eigenvalue weighted by Gasteiger charge is 2.30. The van der Waals surface area contributed by atoms with E-state index < -0.39 is 30.9 Å². The monoisotopic (exact) mass is 567 g/mol. The molecule has 0 aliphatic heterocycles. The van der Waals surface area contributed by atoms with Gasteiger partial charge < -0.3 is 34.7 Å². The number of rotatable bonds is 10. The smallest absolute Gasteiger partial charge is 0.423 e. The second kappa shape index (κ2) is 13.7. The molecule has 1 atom stereocenters. The molecular weight excluding hydrogens is 538 g/mol. The first-order valence-corrected chi connectivity index (χ1v) is 12.3. The Morgan fingerprint density at radius 3 is 2.61 bits per heavy atom. The van der Waals surface area contributed by atoms with Gasteiger partial charge in [0.05, 0.1) is 16.9 Å². The Bertz CT molecular complexity index is 1460. The van der Waals surface area contributed by atoms with Crippen molar-refractivity contribution in [1.29, 1.82) is 5.41 Å². The summed E-state index contributed by atoms with van der Waals surface area (Å²) in [5.41, 5.74) is 1.62. The number of nitrogens with zero attached hydrogens (tertiary/aromatic N) is 3. The van der Waals surface area contributed by atoms with Crippen LogP contribution in [0.3, 0.4) is 0 Å². The van der Waals surface area contributed by atoms with Crippen molar-refractivity contribution in [1.82, 2.24) is 15.5 Å². The number of aryl methyl sites for hydroxylation is 1. The lowest BCUT2D eigenvalue weighted by atomic mass is 10.1. The van der Waals surface area contributed by atoms with Crippen LogP contribution in [0, 0.1) is 19.3 Å². The number of carbonyl (C=O) groups excluding carboxylic acids is 4. The van der Waals surface area contributed by atoms with E-state index in [1.165, 1.54) is 37.6 Å². The fraction of sp³-hybridized carbons (Fsp3) is 0.269. The Kier molecular flexibility index (Phi) is 10.1. The van der Waals surface area contributed by atoms with Crippen LogP contribution in [0.25, 0.3) is 0 Å². The molecule has 0 bridgehead atoms. The van der Waals surface area contributed by atoms with Gasteiger partial charge in [-0.3, -0.25) is 15.0 Å². The summed E-state index contributed by atoms with van der Waals surface area (Å²) in [6.45, 7) is 5.76. The van der Waals surface area contributed by atoms with Gasteiger partial charge >= 0.3 is 12.1 Å². The van der Waals surface area contributed by atoms with Crippen LogP contribution in [0.4, 0.5) is 16.3 Å². The summed E-state index contributed by atoms with van der Waals surface area (Å²) < 4.78 is 14.7. The number of hydrogen-bond donors (Lipinski definition) is 5. The third kappa shape index (κ3) is 7.21. The number of esters is 1. The van der Waals surface area contributed by atoms with Crippen LogP contribution in [0.5, 0.6) is 0 Å². The lowest BCUT2D eigenvalue weighted by Gasteiger charge is -2.25. The van der Waals surface area contributed by atoms with Gasteiger partial charge in [0.1, 0.15) is 18.7 Å². The van der Waals surface area contributed by atoms with E-state index >= 15 is 0 Å². The second-order valence-corrected chi connectivity index (χ2v) is 8.49. The first-order chi connectivity index (χ1) is 19.6. The summed E-state index contributed by atoms with van der Waals surface area (Å²) in [6, 6.07) is 5.92. The highest BCUT2D eigenvalue weighted by molar-refractivity contribution is 6.24. The highest BCUT2D eigenvalue weighted by Crippen LogP contribution is 2.27. The van der Waals surface area contributed by atoms with Crippen LogP contribution >= 0.6 is 0 Å². The third-order valence-electron chi connectivity index (χ3n) is 5.64. The topological polar surface area (TPSA) is 212 Å². The van der Waals surface area contributed by atoms with Gasteiger partial charge in [0.25, 0.3) is 11.8 Å². The maximum absolute atomic E-state index is 13.5. The SMILES string of the molecule is CCNC(=O)c1c[nH]c(C(=NC=N)N(C(=O)OCOC(=O)C(C)O)c2cc(C(=O)Nc3ccon3)ccc2C)c1C. The number of aliphatic imine (C=N–C) groups is 1. The first-order valence-electron chi connectivity index (χ1n) is 12.3. The number of H-pyrrole nitrogens is 1. The van der Waals surface area contributed by atoms with Crippen LogP contribution < -0.4 is 15.5 Å². The van der Waals surface area contributed by atoms with Crippen LogP contribution in [-0.4, -0.2) is 70.7 Å². The average Bonchev–Trinajstić information content (AvgIpc) is 3.58. The van der Waals surface area contributed by atoms with Crippen molar-refractivity contribution in [2.24, 2.45) is 4.99 Å². The maximum Gasteiger partial charge on any atom is 0.423 e. The summed E-state index contributed by atoms with van der Waals surface area (Å²) in [7, 11) is 0. The number of ether oxygens (including phenoxy) is 2. The number of aromatic nitrogens is 2. The van der Waals surface area contributed by atoms with Gasteiger partial charge in [0.2, 0.25) is 6.79 Å². The van der Waals surface area contributed by atoms with Crippen LogP contribution in [0.1, 0.15) is 51.4 Å². The molecule has 15 heteroatoms. The lowest BCUT2D eigenvalue weighted by molar-refractivity contribution is -0.160. The molecule has 0 radical (unpaired) electrons. The van der Waals surface area contributed by atoms with Crippen molar-refractivity contribution in [3.8, 4) is 0 Å². The molecule has 1 aromatic carbocycles. The number of aromatic amines is 1. The molecule has 0 saturated carbocycles. The molecule has 1 unspecified atom stereocenters. The van der Waals surface area contributed by atoms with E-state index in [0.717, 1.165) is 4.90 Å². The molecule has 5 N–H and O–H groups in total. The zero-order valence-corrected chi connectivity index (χ0v) is 22.7. The zero-order valence-electron chi connectivity index (χ0n) is 22.7. The minimum absolute atomic E-state index is 0.118. The second-order valence-electron chi connectivity index (χ2n) is 8.49. The molecule has 3 rings (SSSR count). The van der Waals surface area contributed by atoms with Gasteiger partial charge in [-0.1, -0.05) is 11.2 Å². The van der Waals surface area contributed by atoms with Gasteiger partial charge in [0.15, 0.2) is 11.7 Å². The number of aliphatic hydroxyl groups is 1. The van der Waals surface area contributed by atoms with Gasteiger partial charge in [-0.15, -0.1) is 0 Å². The minimum Gasteiger partial charge on any atom is -0.426 e. The number of hydrogen-bond acceptors (Lipinski definition) is 10. The van der Waals surface area contributed by atoms with E-state index in [9.17, 15) is 24.3 Å². The largest absolute Gasteiger partial charge is 0.426 e. The number of anilines is 2. The van der Waals surface area contributed by atoms with E-state index in [2.05, 4.69) is 25.8 Å². The van der Waals surface area contributed by atoms with Crippen LogP contribution in [-0.2, 0) is 14.3 Å². The molecule has 216 valence electrons. The van der Waals surface area contributed by atoms with Gasteiger partial charge in [0, 0.05) is 24.4 Å². The molecule has 0 spiro atoms. The molecule has 3 amide bonds. The van der Waals surface area contributed by atoms with Crippen LogP contribution in [0.15, 0.2) is 46.2 Å². The minimum atomic E-state index is -1.45. The van der Waals surface area contributed by atoms with Crippen molar-refractivity contribution in [3.05, 3.63) is 64.7 Å². The first kappa shape index (κ1) is 30.2. The molecule has 0 saturated heterocycles. The molecule has 0 fully saturated rings. The number of benzene rings is 1. The van der Waals surface area contributed by atoms with E-state index in [1.54, 1.807) is 26.8 Å². The summed E-state index contributed by atoms with van der Waals surface area (Å²) >= 11 is 0. The number of amides is 3. The van der Waals surface area contributed by atoms with E-state index in [1.807, 2.05) is 0 Å². The Hall–Kier alpha value is -5.31. The fourth-order valence-electron chi connectivity index (χ4n) is 3.59. The third-order valence-corrected chi connectivity index (χ3v) is 5.64. The Morgan fingerprint density at radius 2 is 1.98 bits per heavy atom. The molecule has 0 aliphatic carbocycles. The van der Waals surface area contributed by atoms with Crippen molar-refractivity contribution < 1.29 is 38.3 Å². The van der Waals surface area contributed by atoms with Crippen molar-refractivity contribution in [2.75, 3.05) is 23.6 Å². The van der Waals surface area contributed by atoms with E-state index in [4.69, 9.17) is 19.4 Å². The molecule has 2 aromatic heterocycles. The van der Waals surface area contributed by atoms with Crippen molar-refractivity contribution in [3.63, 3.8) is 0 Å². The number of aliphatic hydroxyl groups excluding tert-OH is 1. The average molecular weight is 568 g/mol. The summed E-state index contributed by atoms with van der Waals surface area (Å²) in [6.07, 6.45) is 0.848.